The highest BCUT2D eigenvalue weighted by atomic mass is 19.4. The molecule has 0 bridgehead atoms. The zero-order valence-corrected chi connectivity index (χ0v) is 11.3. The van der Waals surface area contributed by atoms with Gasteiger partial charge in [0.15, 0.2) is 0 Å². The van der Waals surface area contributed by atoms with Crippen LogP contribution in [0.2, 0.25) is 0 Å². The van der Waals surface area contributed by atoms with Gasteiger partial charge in [0.2, 0.25) is 0 Å². The molecule has 0 aliphatic rings. The molecule has 1 N–H and O–H groups in total. The Kier molecular flexibility index (Phi) is 6.88. The van der Waals surface area contributed by atoms with Gasteiger partial charge in [-0.15, -0.1) is 0 Å². The van der Waals surface area contributed by atoms with Crippen LogP contribution in [0.4, 0.5) is 43.9 Å². The lowest BCUT2D eigenvalue weighted by molar-refractivity contribution is -0.280. The summed E-state index contributed by atoms with van der Waals surface area (Å²) < 4.78 is 124. The lowest BCUT2D eigenvalue weighted by atomic mass is 10.2. The Bertz CT molecular complexity index is 415. The molecule has 14 heteroatoms. The highest BCUT2D eigenvalue weighted by Crippen LogP contribution is 2.36. The Balaban J connectivity index is 4.14. The van der Waals surface area contributed by atoms with E-state index in [-0.39, 0.29) is 0 Å². The van der Waals surface area contributed by atoms with Crippen LogP contribution in [0.15, 0.2) is 0 Å². The SMILES string of the molecule is O=C(NCCCCOC(=O)C(F)(F)C(F)(F)F)C(F)(F)C(F)(F)F. The van der Waals surface area contributed by atoms with Crippen molar-refractivity contribution < 1.29 is 58.2 Å². The number of amides is 1. The number of esters is 1. The quantitative estimate of drug-likeness (QED) is 0.419. The Morgan fingerprint density at radius 1 is 0.750 bits per heavy atom. The van der Waals surface area contributed by atoms with E-state index in [4.69, 9.17) is 0 Å². The molecule has 24 heavy (non-hydrogen) atoms. The first-order valence-corrected chi connectivity index (χ1v) is 5.89. The van der Waals surface area contributed by atoms with E-state index < -0.39 is 62.1 Å². The second-order valence-corrected chi connectivity index (χ2v) is 4.24. The van der Waals surface area contributed by atoms with E-state index in [0.717, 1.165) is 0 Å². The maximum absolute atomic E-state index is 12.5. The number of rotatable bonds is 7. The Morgan fingerprint density at radius 2 is 1.21 bits per heavy atom. The topological polar surface area (TPSA) is 55.4 Å². The van der Waals surface area contributed by atoms with E-state index in [1.807, 2.05) is 0 Å². The van der Waals surface area contributed by atoms with Crippen molar-refractivity contribution in [2.45, 2.75) is 37.0 Å². The van der Waals surface area contributed by atoms with Gasteiger partial charge in [-0.3, -0.25) is 4.79 Å². The van der Waals surface area contributed by atoms with Crippen molar-refractivity contribution in [3.8, 4) is 0 Å². The fraction of sp³-hybridized carbons (Fsp3) is 0.800. The van der Waals surface area contributed by atoms with Crippen molar-refractivity contribution in [3.63, 3.8) is 0 Å². The van der Waals surface area contributed by atoms with Crippen LogP contribution in [-0.4, -0.2) is 49.2 Å². The summed E-state index contributed by atoms with van der Waals surface area (Å²) >= 11 is 0. The normalized spacial score (nSPS) is 13.6. The van der Waals surface area contributed by atoms with Crippen LogP contribution >= 0.6 is 0 Å². The summed E-state index contributed by atoms with van der Waals surface area (Å²) in [5, 5.41) is 1.19. The summed E-state index contributed by atoms with van der Waals surface area (Å²) in [6.07, 6.45) is -13.2. The fourth-order valence-electron chi connectivity index (χ4n) is 1.04. The molecule has 0 fully saturated rings. The molecule has 0 atom stereocenters. The third-order valence-electron chi connectivity index (χ3n) is 2.34. The largest absolute Gasteiger partial charge is 0.465 e. The van der Waals surface area contributed by atoms with Crippen molar-refractivity contribution in [1.29, 1.82) is 0 Å². The van der Waals surface area contributed by atoms with Crippen LogP contribution in [-0.2, 0) is 14.3 Å². The second kappa shape index (κ2) is 7.42. The van der Waals surface area contributed by atoms with Crippen molar-refractivity contribution in [1.82, 2.24) is 5.32 Å². The molecule has 1 amide bonds. The predicted octanol–water partition coefficient (Wildman–Crippen LogP) is 2.82. The number of hydrogen-bond acceptors (Lipinski definition) is 3. The first-order valence-electron chi connectivity index (χ1n) is 5.89. The van der Waals surface area contributed by atoms with Crippen LogP contribution in [0.3, 0.4) is 0 Å². The number of alkyl halides is 10. The molecule has 142 valence electrons. The van der Waals surface area contributed by atoms with Crippen molar-refractivity contribution in [2.24, 2.45) is 0 Å². The molecule has 0 aliphatic carbocycles. The van der Waals surface area contributed by atoms with Crippen LogP contribution in [0.25, 0.3) is 0 Å². The average Bonchev–Trinajstić information content (AvgIpc) is 2.39. The molecule has 0 radical (unpaired) electrons. The molecule has 0 rings (SSSR count). The Hall–Kier alpha value is -1.76. The van der Waals surface area contributed by atoms with Crippen molar-refractivity contribution >= 4 is 11.9 Å². The van der Waals surface area contributed by atoms with Crippen LogP contribution in [0, 0.1) is 0 Å². The summed E-state index contributed by atoms with van der Waals surface area (Å²) in [6, 6.07) is 0. The van der Waals surface area contributed by atoms with Gasteiger partial charge in [-0.2, -0.15) is 43.9 Å². The number of ether oxygens (including phenoxy) is 1. The maximum atomic E-state index is 12.5. The second-order valence-electron chi connectivity index (χ2n) is 4.24. The van der Waals surface area contributed by atoms with Gasteiger partial charge in [0.05, 0.1) is 6.61 Å². The molecule has 4 nitrogen and oxygen atoms in total. The zero-order chi connectivity index (χ0) is 19.4. The molecule has 0 heterocycles. The average molecular weight is 381 g/mol. The van der Waals surface area contributed by atoms with Crippen LogP contribution in [0.1, 0.15) is 12.8 Å². The smallest absolute Gasteiger partial charge is 0.461 e. The number of carbonyl (C=O) groups excluding carboxylic acids is 2. The Morgan fingerprint density at radius 3 is 1.62 bits per heavy atom. The lowest BCUT2D eigenvalue weighted by Gasteiger charge is -2.19. The molecular formula is C10H9F10NO3. The number of unbranched alkanes of at least 4 members (excludes halogenated alkanes) is 1. The summed E-state index contributed by atoms with van der Waals surface area (Å²) in [7, 11) is 0. The molecule has 0 saturated heterocycles. The van der Waals surface area contributed by atoms with E-state index in [9.17, 15) is 53.5 Å². The van der Waals surface area contributed by atoms with Crippen molar-refractivity contribution in [2.75, 3.05) is 13.2 Å². The minimum atomic E-state index is -6.17. The van der Waals surface area contributed by atoms with Crippen LogP contribution < -0.4 is 5.32 Å². The van der Waals surface area contributed by atoms with E-state index in [2.05, 4.69) is 4.74 Å². The van der Waals surface area contributed by atoms with Gasteiger partial charge in [-0.1, -0.05) is 0 Å². The maximum Gasteiger partial charge on any atom is 0.465 e. The van der Waals surface area contributed by atoms with Crippen molar-refractivity contribution in [3.05, 3.63) is 0 Å². The third-order valence-corrected chi connectivity index (χ3v) is 2.34. The Labute approximate surface area is 127 Å². The highest BCUT2D eigenvalue weighted by molar-refractivity contribution is 5.84. The summed E-state index contributed by atoms with van der Waals surface area (Å²) in [5.41, 5.74) is 0. The van der Waals surface area contributed by atoms with Crippen LogP contribution in [0.5, 0.6) is 0 Å². The molecule has 0 aromatic carbocycles. The van der Waals surface area contributed by atoms with Gasteiger partial charge in [0.25, 0.3) is 5.91 Å². The van der Waals surface area contributed by atoms with E-state index in [1.54, 1.807) is 0 Å². The molecule has 0 aromatic heterocycles. The first kappa shape index (κ1) is 22.2. The van der Waals surface area contributed by atoms with Gasteiger partial charge in [0.1, 0.15) is 0 Å². The molecular weight excluding hydrogens is 372 g/mol. The van der Waals surface area contributed by atoms with Gasteiger partial charge >= 0.3 is 30.2 Å². The fourth-order valence-corrected chi connectivity index (χ4v) is 1.04. The number of hydrogen-bond donors (Lipinski definition) is 1. The highest BCUT2D eigenvalue weighted by Gasteiger charge is 2.65. The standard InChI is InChI=1S/C10H9F10NO3/c11-7(12,9(15,16)17)5(22)21-3-1-2-4-24-6(23)8(13,14)10(18,19)20/h1-4H2,(H,21,22). The molecule has 0 unspecified atom stereocenters. The molecule has 0 aromatic rings. The lowest BCUT2D eigenvalue weighted by Crippen LogP contribution is -2.50. The predicted molar refractivity (Wildman–Crippen MR) is 55.2 cm³/mol. The van der Waals surface area contributed by atoms with Gasteiger partial charge in [-0.05, 0) is 12.8 Å². The summed E-state index contributed by atoms with van der Waals surface area (Å²) in [6.45, 7) is -1.77. The van der Waals surface area contributed by atoms with E-state index >= 15 is 0 Å². The molecule has 0 aliphatic heterocycles. The number of nitrogens with one attached hydrogen (secondary N) is 1. The van der Waals surface area contributed by atoms with Gasteiger partial charge in [-0.25, -0.2) is 4.79 Å². The third kappa shape index (κ3) is 5.40. The zero-order valence-electron chi connectivity index (χ0n) is 11.3. The summed E-state index contributed by atoms with van der Waals surface area (Å²) in [5.74, 6) is -16.9. The van der Waals surface area contributed by atoms with Gasteiger partial charge < -0.3 is 10.1 Å². The molecule has 0 spiro atoms. The number of halogens is 10. The molecule has 0 saturated carbocycles. The van der Waals surface area contributed by atoms with Gasteiger partial charge in [0, 0.05) is 6.54 Å². The summed E-state index contributed by atoms with van der Waals surface area (Å²) in [4.78, 5) is 21.1. The number of carbonyl (C=O) groups is 2. The monoisotopic (exact) mass is 381 g/mol. The van der Waals surface area contributed by atoms with E-state index in [0.29, 0.717) is 0 Å². The van der Waals surface area contributed by atoms with E-state index in [1.165, 1.54) is 5.32 Å². The minimum absolute atomic E-state index is 0.426. The first-order chi connectivity index (χ1) is 10.5. The minimum Gasteiger partial charge on any atom is -0.461 e.